The second kappa shape index (κ2) is 9.94. The molecule has 1 saturated heterocycles. The lowest BCUT2D eigenvalue weighted by molar-refractivity contribution is 0.0972. The Balaban J connectivity index is 1.27. The monoisotopic (exact) mass is 501 g/mol. The lowest BCUT2D eigenvalue weighted by Gasteiger charge is -2.36. The van der Waals surface area contributed by atoms with Crippen molar-refractivity contribution < 1.29 is 9.50 Å². The summed E-state index contributed by atoms with van der Waals surface area (Å²) in [7, 11) is 1.88. The van der Waals surface area contributed by atoms with Crippen LogP contribution in [0, 0.1) is 11.2 Å². The molecule has 1 fully saturated rings. The molecule has 0 unspecified atom stereocenters. The van der Waals surface area contributed by atoms with E-state index in [0.717, 1.165) is 23.2 Å². The number of halogens is 1. The molecule has 1 aliphatic heterocycles. The summed E-state index contributed by atoms with van der Waals surface area (Å²) in [4.78, 5) is 20.7. The van der Waals surface area contributed by atoms with Gasteiger partial charge in [0.05, 0.1) is 11.9 Å². The standard InChI is InChI=1S/C26H28FN9O/c1-26(37,21-5-3-4-6-22(21)27)20-14-30-25(31-15-20)36-9-7-35(8-10-36)24(32-17-28)23-11-18(12-29-23)19-13-33-34(2)16-19/h3-6,11-17,28-29,37H,7-10H2,1-2H3/t26-/m1/s1. The van der Waals surface area contributed by atoms with E-state index >= 15 is 0 Å². The Kier molecular flexibility index (Phi) is 6.53. The van der Waals surface area contributed by atoms with E-state index in [1.807, 2.05) is 25.5 Å². The van der Waals surface area contributed by atoms with Crippen LogP contribution < -0.4 is 4.90 Å². The van der Waals surface area contributed by atoms with Crippen molar-refractivity contribution in [3.05, 3.63) is 84.0 Å². The van der Waals surface area contributed by atoms with Gasteiger partial charge in [-0.2, -0.15) is 5.10 Å². The van der Waals surface area contributed by atoms with Crippen LogP contribution in [0.1, 0.15) is 23.7 Å². The second-order valence-electron chi connectivity index (χ2n) is 9.08. The quantitative estimate of drug-likeness (QED) is 0.276. The summed E-state index contributed by atoms with van der Waals surface area (Å²) in [5, 5.41) is 22.8. The molecule has 190 valence electrons. The lowest BCUT2D eigenvalue weighted by atomic mass is 9.90. The lowest BCUT2D eigenvalue weighted by Crippen LogP contribution is -2.49. The van der Waals surface area contributed by atoms with Crippen molar-refractivity contribution in [3.8, 4) is 11.1 Å². The van der Waals surface area contributed by atoms with E-state index in [4.69, 9.17) is 5.41 Å². The van der Waals surface area contributed by atoms with E-state index < -0.39 is 11.4 Å². The Labute approximate surface area is 213 Å². The molecule has 0 saturated carbocycles. The van der Waals surface area contributed by atoms with E-state index in [1.165, 1.54) is 13.0 Å². The first-order chi connectivity index (χ1) is 17.9. The fourth-order valence-corrected chi connectivity index (χ4v) is 4.51. The van der Waals surface area contributed by atoms with Gasteiger partial charge in [0.15, 0.2) is 5.84 Å². The van der Waals surface area contributed by atoms with Gasteiger partial charge in [0.1, 0.15) is 17.8 Å². The zero-order valence-corrected chi connectivity index (χ0v) is 20.6. The maximum absolute atomic E-state index is 14.3. The molecule has 0 spiro atoms. The minimum atomic E-state index is -1.55. The van der Waals surface area contributed by atoms with Crippen LogP contribution in [0.15, 0.2) is 66.3 Å². The van der Waals surface area contributed by atoms with Crippen molar-refractivity contribution in [1.82, 2.24) is 29.6 Å². The molecule has 0 bridgehead atoms. The molecule has 3 N–H and O–H groups in total. The SMILES string of the molecule is Cn1cc(-c2c[nH]c(C(=NC=N)N3CCN(c4ncc([C@@](C)(O)c5ccccc5F)cn4)CC3)c2)cn1. The van der Waals surface area contributed by atoms with Gasteiger partial charge < -0.3 is 19.9 Å². The number of nitrogens with one attached hydrogen (secondary N) is 2. The van der Waals surface area contributed by atoms with Gasteiger partial charge in [-0.3, -0.25) is 10.1 Å². The summed E-state index contributed by atoms with van der Waals surface area (Å²) in [6.07, 6.45) is 9.80. The van der Waals surface area contributed by atoms with Gasteiger partial charge in [-0.25, -0.2) is 19.4 Å². The highest BCUT2D eigenvalue weighted by Gasteiger charge is 2.30. The van der Waals surface area contributed by atoms with Gasteiger partial charge in [0, 0.05) is 80.3 Å². The first-order valence-electron chi connectivity index (χ1n) is 11.9. The second-order valence-corrected chi connectivity index (χ2v) is 9.08. The first kappa shape index (κ1) is 24.3. The number of H-pyrrole nitrogens is 1. The van der Waals surface area contributed by atoms with Gasteiger partial charge in [-0.05, 0) is 19.1 Å². The third-order valence-corrected chi connectivity index (χ3v) is 6.61. The molecule has 0 radical (unpaired) electrons. The number of aliphatic imine (C=N–C) groups is 1. The van der Waals surface area contributed by atoms with Crippen molar-refractivity contribution in [1.29, 1.82) is 5.41 Å². The van der Waals surface area contributed by atoms with Crippen molar-refractivity contribution >= 4 is 18.1 Å². The summed E-state index contributed by atoms with van der Waals surface area (Å²) in [6, 6.07) is 8.16. The number of anilines is 1. The Hall–Kier alpha value is -4.38. The topological polar surface area (TPSA) is 122 Å². The number of aromatic amines is 1. The third kappa shape index (κ3) is 4.85. The highest BCUT2D eigenvalue weighted by Crippen LogP contribution is 2.30. The maximum Gasteiger partial charge on any atom is 0.225 e. The molecule has 1 atom stereocenters. The maximum atomic E-state index is 14.3. The summed E-state index contributed by atoms with van der Waals surface area (Å²) in [6.45, 7) is 4.15. The van der Waals surface area contributed by atoms with Crippen LogP contribution in [-0.2, 0) is 12.6 Å². The third-order valence-electron chi connectivity index (χ3n) is 6.61. The normalized spacial score (nSPS) is 16.1. The molecule has 1 aliphatic rings. The number of benzene rings is 1. The van der Waals surface area contributed by atoms with Gasteiger partial charge in [-0.1, -0.05) is 18.2 Å². The number of hydrogen-bond acceptors (Lipinski definition) is 6. The largest absolute Gasteiger partial charge is 0.380 e. The predicted octanol–water partition coefficient (Wildman–Crippen LogP) is 2.78. The van der Waals surface area contributed by atoms with E-state index in [9.17, 15) is 9.50 Å². The molecule has 1 aromatic carbocycles. The summed E-state index contributed by atoms with van der Waals surface area (Å²) in [5.74, 6) is 0.753. The Bertz CT molecular complexity index is 1420. The molecular formula is C26H28FN9O. The summed E-state index contributed by atoms with van der Waals surface area (Å²) >= 11 is 0. The number of amidine groups is 1. The van der Waals surface area contributed by atoms with Gasteiger partial charge in [0.25, 0.3) is 0 Å². The highest BCUT2D eigenvalue weighted by molar-refractivity contribution is 6.01. The van der Waals surface area contributed by atoms with Crippen LogP contribution in [0.5, 0.6) is 0 Å². The average molecular weight is 502 g/mol. The fraction of sp³-hybridized carbons (Fsp3) is 0.269. The number of piperazine rings is 1. The van der Waals surface area contributed by atoms with Gasteiger partial charge >= 0.3 is 0 Å². The molecule has 10 nitrogen and oxygen atoms in total. The minimum absolute atomic E-state index is 0.175. The van der Waals surface area contributed by atoms with E-state index in [0.29, 0.717) is 43.5 Å². The Morgan fingerprint density at radius 3 is 2.51 bits per heavy atom. The van der Waals surface area contributed by atoms with Gasteiger partial charge in [-0.15, -0.1) is 0 Å². The van der Waals surface area contributed by atoms with Crippen LogP contribution >= 0.6 is 0 Å². The van der Waals surface area contributed by atoms with Crippen LogP contribution in [0.4, 0.5) is 10.3 Å². The number of aryl methyl sites for hydroxylation is 1. The fourth-order valence-electron chi connectivity index (χ4n) is 4.51. The summed E-state index contributed by atoms with van der Waals surface area (Å²) < 4.78 is 16.0. The van der Waals surface area contributed by atoms with Crippen LogP contribution in [-0.4, -0.2) is 73.1 Å². The van der Waals surface area contributed by atoms with E-state index in [-0.39, 0.29) is 5.56 Å². The molecule has 4 heterocycles. The Morgan fingerprint density at radius 2 is 1.86 bits per heavy atom. The van der Waals surface area contributed by atoms with E-state index in [1.54, 1.807) is 41.5 Å². The van der Waals surface area contributed by atoms with Crippen LogP contribution in [0.2, 0.25) is 0 Å². The van der Waals surface area contributed by atoms with Crippen molar-refractivity contribution in [3.63, 3.8) is 0 Å². The van der Waals surface area contributed by atoms with Crippen molar-refractivity contribution in [2.24, 2.45) is 12.0 Å². The average Bonchev–Trinajstić information content (AvgIpc) is 3.57. The van der Waals surface area contributed by atoms with Gasteiger partial charge in [0.2, 0.25) is 5.95 Å². The van der Waals surface area contributed by atoms with Crippen molar-refractivity contribution in [2.45, 2.75) is 12.5 Å². The predicted molar refractivity (Wildman–Crippen MR) is 139 cm³/mol. The smallest absolute Gasteiger partial charge is 0.225 e. The zero-order valence-electron chi connectivity index (χ0n) is 20.6. The molecule has 4 aromatic rings. The highest BCUT2D eigenvalue weighted by atomic mass is 19.1. The molecule has 5 rings (SSSR count). The van der Waals surface area contributed by atoms with E-state index in [2.05, 4.69) is 34.8 Å². The number of aromatic nitrogens is 5. The van der Waals surface area contributed by atoms with Crippen molar-refractivity contribution in [2.75, 3.05) is 31.1 Å². The number of aliphatic hydroxyl groups is 1. The van der Waals surface area contributed by atoms with Crippen LogP contribution in [0.25, 0.3) is 11.1 Å². The molecule has 37 heavy (non-hydrogen) atoms. The molecule has 0 aliphatic carbocycles. The van der Waals surface area contributed by atoms with Crippen LogP contribution in [0.3, 0.4) is 0 Å². The number of nitrogens with zero attached hydrogens (tertiary/aromatic N) is 7. The number of rotatable bonds is 6. The zero-order chi connectivity index (χ0) is 26.0. The molecule has 3 aromatic heterocycles. The molecular weight excluding hydrogens is 473 g/mol. The minimum Gasteiger partial charge on any atom is -0.380 e. The summed E-state index contributed by atoms with van der Waals surface area (Å²) in [5.41, 5.74) is 1.86. The molecule has 11 heteroatoms. The Morgan fingerprint density at radius 1 is 1.14 bits per heavy atom. The molecule has 0 amide bonds. The first-order valence-corrected chi connectivity index (χ1v) is 11.9. The number of hydrogen-bond donors (Lipinski definition) is 3.